The van der Waals surface area contributed by atoms with E-state index in [4.69, 9.17) is 0 Å². The maximum Gasteiger partial charge on any atom is 0.0445 e. The van der Waals surface area contributed by atoms with Gasteiger partial charge in [-0.25, -0.2) is 0 Å². The van der Waals surface area contributed by atoms with Crippen LogP contribution in [0.1, 0.15) is 20.8 Å². The summed E-state index contributed by atoms with van der Waals surface area (Å²) in [4.78, 5) is 2.55. The summed E-state index contributed by atoms with van der Waals surface area (Å²) >= 11 is 2.56. The lowest BCUT2D eigenvalue weighted by atomic mass is 10.1. The Morgan fingerprint density at radius 2 is 2.17 bits per heavy atom. The molecule has 2 nitrogen and oxygen atoms in total. The van der Waals surface area contributed by atoms with E-state index in [2.05, 4.69) is 53.6 Å². The first-order valence-corrected chi connectivity index (χ1v) is 5.73. The highest BCUT2D eigenvalue weighted by molar-refractivity contribution is 14.1. The molecular weight excluding hydrogens is 263 g/mol. The summed E-state index contributed by atoms with van der Waals surface area (Å²) in [5.41, 5.74) is 0. The van der Waals surface area contributed by atoms with Gasteiger partial charge in [0, 0.05) is 35.6 Å². The molecule has 0 amide bonds. The second kappa shape index (κ2) is 4.24. The number of alkyl halides is 1. The normalized spacial score (nSPS) is 33.8. The highest BCUT2D eigenvalue weighted by Gasteiger charge is 2.26. The Hall–Kier alpha value is 0.650. The van der Waals surface area contributed by atoms with Crippen LogP contribution < -0.4 is 5.32 Å². The van der Waals surface area contributed by atoms with Gasteiger partial charge in [0.05, 0.1) is 0 Å². The van der Waals surface area contributed by atoms with Crippen LogP contribution in [0.25, 0.3) is 0 Å². The van der Waals surface area contributed by atoms with Gasteiger partial charge in [0.25, 0.3) is 0 Å². The second-order valence-corrected chi connectivity index (χ2v) is 6.76. The van der Waals surface area contributed by atoms with Crippen molar-refractivity contribution < 1.29 is 0 Å². The molecule has 1 unspecified atom stereocenters. The van der Waals surface area contributed by atoms with Crippen molar-refractivity contribution in [2.45, 2.75) is 30.2 Å². The molecule has 0 aromatic heterocycles. The van der Waals surface area contributed by atoms with E-state index in [-0.39, 0.29) is 0 Å². The SMILES string of the molecule is CC(C)N1CCNCC(C)(I)C1. The van der Waals surface area contributed by atoms with Crippen molar-refractivity contribution in [1.29, 1.82) is 0 Å². The summed E-state index contributed by atoms with van der Waals surface area (Å²) in [5, 5.41) is 3.47. The number of nitrogens with zero attached hydrogens (tertiary/aromatic N) is 1. The minimum Gasteiger partial charge on any atom is -0.314 e. The highest BCUT2D eigenvalue weighted by Crippen LogP contribution is 2.21. The Morgan fingerprint density at radius 1 is 1.50 bits per heavy atom. The third kappa shape index (κ3) is 3.18. The van der Waals surface area contributed by atoms with Crippen LogP contribution in [0.3, 0.4) is 0 Å². The van der Waals surface area contributed by atoms with Crippen LogP contribution in [-0.4, -0.2) is 40.5 Å². The van der Waals surface area contributed by atoms with Gasteiger partial charge in [0.2, 0.25) is 0 Å². The standard InChI is InChI=1S/C9H19IN2/c1-8(2)12-5-4-11-6-9(3,10)7-12/h8,11H,4-7H2,1-3H3. The van der Waals surface area contributed by atoms with Gasteiger partial charge in [-0.15, -0.1) is 0 Å². The Morgan fingerprint density at radius 3 is 2.75 bits per heavy atom. The maximum atomic E-state index is 3.47. The molecule has 0 spiro atoms. The molecule has 0 aromatic rings. The van der Waals surface area contributed by atoms with Crippen molar-refractivity contribution in [2.75, 3.05) is 26.2 Å². The molecule has 1 aliphatic heterocycles. The van der Waals surface area contributed by atoms with Crippen molar-refractivity contribution in [3.63, 3.8) is 0 Å². The summed E-state index contributed by atoms with van der Waals surface area (Å²) in [6.07, 6.45) is 0. The molecule has 3 heteroatoms. The largest absolute Gasteiger partial charge is 0.314 e. The molecule has 1 saturated heterocycles. The molecule has 1 N–H and O–H groups in total. The van der Waals surface area contributed by atoms with Gasteiger partial charge in [-0.1, -0.05) is 22.6 Å². The number of hydrogen-bond donors (Lipinski definition) is 1. The molecular formula is C9H19IN2. The first-order chi connectivity index (χ1) is 5.51. The fourth-order valence-corrected chi connectivity index (χ4v) is 2.28. The number of rotatable bonds is 1. The topological polar surface area (TPSA) is 15.3 Å². The van der Waals surface area contributed by atoms with E-state index in [0.717, 1.165) is 13.1 Å². The van der Waals surface area contributed by atoms with Gasteiger partial charge in [-0.2, -0.15) is 0 Å². The molecule has 12 heavy (non-hydrogen) atoms. The molecule has 72 valence electrons. The lowest BCUT2D eigenvalue weighted by molar-refractivity contribution is 0.227. The van der Waals surface area contributed by atoms with Gasteiger partial charge in [0.1, 0.15) is 0 Å². The van der Waals surface area contributed by atoms with Crippen LogP contribution in [0.4, 0.5) is 0 Å². The van der Waals surface area contributed by atoms with Crippen LogP contribution in [0.5, 0.6) is 0 Å². The lowest BCUT2D eigenvalue weighted by Crippen LogP contribution is -2.41. The second-order valence-electron chi connectivity index (χ2n) is 4.15. The van der Waals surface area contributed by atoms with Gasteiger partial charge in [-0.05, 0) is 20.8 Å². The van der Waals surface area contributed by atoms with E-state index >= 15 is 0 Å². The molecule has 1 atom stereocenters. The van der Waals surface area contributed by atoms with Gasteiger partial charge >= 0.3 is 0 Å². The van der Waals surface area contributed by atoms with Crippen LogP contribution in [0.2, 0.25) is 0 Å². The first-order valence-electron chi connectivity index (χ1n) is 4.65. The molecule has 0 aromatic carbocycles. The third-order valence-electron chi connectivity index (χ3n) is 2.33. The first kappa shape index (κ1) is 10.7. The quantitative estimate of drug-likeness (QED) is 0.579. The third-order valence-corrected chi connectivity index (χ3v) is 3.05. The number of hydrogen-bond acceptors (Lipinski definition) is 2. The predicted molar refractivity (Wildman–Crippen MR) is 62.0 cm³/mol. The highest BCUT2D eigenvalue weighted by atomic mass is 127. The number of nitrogens with one attached hydrogen (secondary N) is 1. The van der Waals surface area contributed by atoms with E-state index in [1.54, 1.807) is 0 Å². The van der Waals surface area contributed by atoms with E-state index in [0.29, 0.717) is 9.46 Å². The average molecular weight is 282 g/mol. The van der Waals surface area contributed by atoms with E-state index in [1.165, 1.54) is 13.1 Å². The van der Waals surface area contributed by atoms with Crippen LogP contribution in [0, 0.1) is 0 Å². The summed E-state index contributed by atoms with van der Waals surface area (Å²) < 4.78 is 0.401. The Labute approximate surface area is 89.2 Å². The summed E-state index contributed by atoms with van der Waals surface area (Å²) in [6, 6.07) is 0.680. The minimum absolute atomic E-state index is 0.401. The van der Waals surface area contributed by atoms with Gasteiger partial charge in [0.15, 0.2) is 0 Å². The van der Waals surface area contributed by atoms with Crippen molar-refractivity contribution in [3.8, 4) is 0 Å². The molecule has 0 radical (unpaired) electrons. The minimum atomic E-state index is 0.401. The Balaban J connectivity index is 2.54. The van der Waals surface area contributed by atoms with Crippen molar-refractivity contribution in [1.82, 2.24) is 10.2 Å². The summed E-state index contributed by atoms with van der Waals surface area (Å²) in [6.45, 7) is 11.5. The van der Waals surface area contributed by atoms with Crippen molar-refractivity contribution in [3.05, 3.63) is 0 Å². The smallest absolute Gasteiger partial charge is 0.0445 e. The van der Waals surface area contributed by atoms with Crippen LogP contribution in [-0.2, 0) is 0 Å². The zero-order chi connectivity index (χ0) is 9.19. The molecule has 0 aliphatic carbocycles. The van der Waals surface area contributed by atoms with Crippen LogP contribution in [0.15, 0.2) is 0 Å². The lowest BCUT2D eigenvalue weighted by Gasteiger charge is -2.30. The summed E-state index contributed by atoms with van der Waals surface area (Å²) in [5.74, 6) is 0. The van der Waals surface area contributed by atoms with Gasteiger partial charge < -0.3 is 5.32 Å². The zero-order valence-corrected chi connectivity index (χ0v) is 10.4. The van der Waals surface area contributed by atoms with Crippen molar-refractivity contribution in [2.24, 2.45) is 0 Å². The monoisotopic (exact) mass is 282 g/mol. The molecule has 1 aliphatic rings. The molecule has 0 saturated carbocycles. The molecule has 1 heterocycles. The number of halogens is 1. The fraction of sp³-hybridized carbons (Fsp3) is 1.00. The predicted octanol–water partition coefficient (Wildman–Crippen LogP) is 1.49. The van der Waals surface area contributed by atoms with Crippen LogP contribution >= 0.6 is 22.6 Å². The molecule has 1 fully saturated rings. The summed E-state index contributed by atoms with van der Waals surface area (Å²) in [7, 11) is 0. The van der Waals surface area contributed by atoms with E-state index in [1.807, 2.05) is 0 Å². The van der Waals surface area contributed by atoms with E-state index < -0.39 is 0 Å². The average Bonchev–Trinajstić information content (AvgIpc) is 2.10. The molecule has 0 bridgehead atoms. The van der Waals surface area contributed by atoms with Crippen molar-refractivity contribution >= 4 is 22.6 Å². The van der Waals surface area contributed by atoms with Gasteiger partial charge in [-0.3, -0.25) is 4.90 Å². The zero-order valence-electron chi connectivity index (χ0n) is 8.23. The Kier molecular flexibility index (Phi) is 3.79. The fourth-order valence-electron chi connectivity index (χ4n) is 1.57. The molecule has 1 rings (SSSR count). The van der Waals surface area contributed by atoms with E-state index in [9.17, 15) is 0 Å². The maximum absolute atomic E-state index is 3.47. The Bertz CT molecular complexity index is 145.